The number of aliphatic hydroxyl groups is 4. The van der Waals surface area contributed by atoms with Crippen molar-refractivity contribution >= 4 is 0 Å². The third-order valence-corrected chi connectivity index (χ3v) is 3.87. The smallest absolute Gasteiger partial charge is 0.0798 e. The van der Waals surface area contributed by atoms with Crippen molar-refractivity contribution in [3.8, 4) is 0 Å². The van der Waals surface area contributed by atoms with Crippen molar-refractivity contribution in [3.05, 3.63) is 49.6 Å². The van der Waals surface area contributed by atoms with E-state index >= 15 is 0 Å². The molecule has 0 aromatic carbocycles. The summed E-state index contributed by atoms with van der Waals surface area (Å²) in [5.41, 5.74) is -0.294. The lowest BCUT2D eigenvalue weighted by Crippen LogP contribution is -2.23. The van der Waals surface area contributed by atoms with E-state index in [1.807, 2.05) is 0 Å². The van der Waals surface area contributed by atoms with Gasteiger partial charge in [0.05, 0.1) is 23.4 Å². The largest absolute Gasteiger partial charge is 0.389 e. The Balaban J connectivity index is 0. The molecular weight excluding hydrogens is 304 g/mol. The predicted octanol–water partition coefficient (Wildman–Crippen LogP) is 3.28. The van der Waals surface area contributed by atoms with E-state index in [2.05, 4.69) is 26.3 Å². The van der Waals surface area contributed by atoms with Crippen LogP contribution >= 0.6 is 0 Å². The first-order valence-corrected chi connectivity index (χ1v) is 8.17. The van der Waals surface area contributed by atoms with Crippen molar-refractivity contribution in [2.45, 2.75) is 76.8 Å². The molecule has 4 atom stereocenters. The Hall–Kier alpha value is -1.20. The molecule has 0 aromatic rings. The van der Waals surface area contributed by atoms with Gasteiger partial charge < -0.3 is 20.4 Å². The van der Waals surface area contributed by atoms with Crippen molar-refractivity contribution < 1.29 is 20.4 Å². The van der Waals surface area contributed by atoms with Gasteiger partial charge in [0.2, 0.25) is 0 Å². The van der Waals surface area contributed by atoms with Crippen molar-refractivity contribution in [3.63, 3.8) is 0 Å². The lowest BCUT2D eigenvalue weighted by atomic mass is 9.96. The molecule has 24 heavy (non-hydrogen) atoms. The van der Waals surface area contributed by atoms with Gasteiger partial charge in [-0.1, -0.05) is 36.5 Å². The molecule has 4 nitrogen and oxygen atoms in total. The molecule has 4 unspecified atom stereocenters. The second kappa shape index (κ2) is 11.4. The number of hydrogen-bond acceptors (Lipinski definition) is 4. The highest BCUT2D eigenvalue weighted by Gasteiger charge is 2.18. The minimum atomic E-state index is -0.879. The summed E-state index contributed by atoms with van der Waals surface area (Å²) >= 11 is 0. The highest BCUT2D eigenvalue weighted by molar-refractivity contribution is 5.00. The summed E-state index contributed by atoms with van der Waals surface area (Å²) in [6, 6.07) is 0. The van der Waals surface area contributed by atoms with Crippen LogP contribution in [0.15, 0.2) is 49.6 Å². The van der Waals surface area contributed by atoms with Crippen molar-refractivity contribution in [2.24, 2.45) is 0 Å². The number of hydrogen-bond donors (Lipinski definition) is 4. The molecule has 0 heterocycles. The Bertz CT molecular complexity index is 381. The molecule has 0 fully saturated rings. The molecule has 4 heteroatoms. The highest BCUT2D eigenvalue weighted by Crippen LogP contribution is 2.17. The number of aliphatic hydroxyl groups excluding tert-OH is 2. The van der Waals surface area contributed by atoms with Gasteiger partial charge in [0.25, 0.3) is 0 Å². The fraction of sp³-hybridized carbons (Fsp3) is 0.600. The van der Waals surface area contributed by atoms with Gasteiger partial charge in [-0.15, -0.1) is 13.2 Å². The summed E-state index contributed by atoms with van der Waals surface area (Å²) in [5.74, 6) is 0. The van der Waals surface area contributed by atoms with Crippen LogP contribution in [0.3, 0.4) is 0 Å². The van der Waals surface area contributed by atoms with E-state index in [9.17, 15) is 20.4 Å². The quantitative estimate of drug-likeness (QED) is 0.460. The maximum absolute atomic E-state index is 9.50. The molecule has 0 radical (unpaired) electrons. The van der Waals surface area contributed by atoms with Gasteiger partial charge in [-0.25, -0.2) is 0 Å². The topological polar surface area (TPSA) is 80.9 Å². The molecule has 0 bridgehead atoms. The molecule has 0 aromatic heterocycles. The van der Waals surface area contributed by atoms with Crippen LogP contribution in [0.5, 0.6) is 0 Å². The SMILES string of the molecule is C=CC(C)(O)CCC(O)C(=C)C.C=CC(C)(O)CCC(O)C(=C)C. The first-order valence-electron chi connectivity index (χ1n) is 8.17. The van der Waals surface area contributed by atoms with Crippen LogP contribution in [-0.4, -0.2) is 43.8 Å². The minimum absolute atomic E-state index is 0.504. The molecule has 0 rings (SSSR count). The monoisotopic (exact) mass is 340 g/mol. The zero-order valence-corrected chi connectivity index (χ0v) is 15.8. The van der Waals surface area contributed by atoms with E-state index < -0.39 is 23.4 Å². The van der Waals surface area contributed by atoms with E-state index in [0.29, 0.717) is 25.7 Å². The summed E-state index contributed by atoms with van der Waals surface area (Å²) in [6.45, 7) is 21.1. The molecule has 0 aliphatic rings. The van der Waals surface area contributed by atoms with Crippen molar-refractivity contribution in [1.82, 2.24) is 0 Å². The summed E-state index contributed by atoms with van der Waals surface area (Å²) in [5, 5.41) is 37.7. The molecule has 0 aliphatic heterocycles. The Morgan fingerprint density at radius 3 is 1.25 bits per heavy atom. The zero-order chi connectivity index (χ0) is 19.6. The van der Waals surface area contributed by atoms with Crippen LogP contribution in [0.25, 0.3) is 0 Å². The fourth-order valence-corrected chi connectivity index (χ4v) is 1.55. The normalized spacial score (nSPS) is 18.0. The third-order valence-electron chi connectivity index (χ3n) is 3.87. The van der Waals surface area contributed by atoms with E-state index in [1.54, 1.807) is 27.7 Å². The second-order valence-corrected chi connectivity index (χ2v) is 6.92. The van der Waals surface area contributed by atoms with Gasteiger partial charge in [-0.2, -0.15) is 0 Å². The summed E-state index contributed by atoms with van der Waals surface area (Å²) in [7, 11) is 0. The van der Waals surface area contributed by atoms with E-state index in [1.165, 1.54) is 12.2 Å². The maximum atomic E-state index is 9.50. The van der Waals surface area contributed by atoms with E-state index in [0.717, 1.165) is 11.1 Å². The summed E-state index contributed by atoms with van der Waals surface area (Å²) in [6.07, 6.45) is 3.99. The summed E-state index contributed by atoms with van der Waals surface area (Å²) in [4.78, 5) is 0. The van der Waals surface area contributed by atoms with Crippen molar-refractivity contribution in [2.75, 3.05) is 0 Å². The molecule has 140 valence electrons. The summed E-state index contributed by atoms with van der Waals surface area (Å²) < 4.78 is 0. The first-order chi connectivity index (χ1) is 10.8. The first kappa shape index (κ1) is 25.0. The van der Waals surface area contributed by atoms with Gasteiger partial charge >= 0.3 is 0 Å². The van der Waals surface area contributed by atoms with E-state index in [4.69, 9.17) is 0 Å². The second-order valence-electron chi connectivity index (χ2n) is 6.92. The standard InChI is InChI=1S/2C10H18O2/c2*1-5-10(4,12)7-6-9(11)8(2)3/h2*5,9,11-12H,1-2,6-7H2,3-4H3. The third kappa shape index (κ3) is 13.3. The van der Waals surface area contributed by atoms with Crippen LogP contribution < -0.4 is 0 Å². The van der Waals surface area contributed by atoms with Crippen molar-refractivity contribution in [1.29, 1.82) is 0 Å². The Labute approximate surface area is 147 Å². The average molecular weight is 341 g/mol. The average Bonchev–Trinajstić information content (AvgIpc) is 2.50. The van der Waals surface area contributed by atoms with Crippen LogP contribution in [0.1, 0.15) is 53.4 Å². The van der Waals surface area contributed by atoms with Gasteiger partial charge in [0.15, 0.2) is 0 Å². The molecular formula is C20H36O4. The molecule has 0 spiro atoms. The molecule has 0 saturated carbocycles. The van der Waals surface area contributed by atoms with Crippen LogP contribution in [0.2, 0.25) is 0 Å². The Kier molecular flexibility index (Phi) is 11.9. The van der Waals surface area contributed by atoms with Gasteiger partial charge in [0.1, 0.15) is 0 Å². The number of rotatable bonds is 10. The van der Waals surface area contributed by atoms with Gasteiger partial charge in [0, 0.05) is 0 Å². The Morgan fingerprint density at radius 2 is 1.08 bits per heavy atom. The maximum Gasteiger partial charge on any atom is 0.0798 e. The van der Waals surface area contributed by atoms with E-state index in [-0.39, 0.29) is 0 Å². The molecule has 4 N–H and O–H groups in total. The Morgan fingerprint density at radius 1 is 0.833 bits per heavy atom. The molecule has 0 saturated heterocycles. The lowest BCUT2D eigenvalue weighted by molar-refractivity contribution is 0.0808. The van der Waals surface area contributed by atoms with Crippen LogP contribution in [-0.2, 0) is 0 Å². The van der Waals surface area contributed by atoms with Gasteiger partial charge in [-0.05, 0) is 53.4 Å². The zero-order valence-electron chi connectivity index (χ0n) is 15.8. The molecule has 0 aliphatic carbocycles. The fourth-order valence-electron chi connectivity index (χ4n) is 1.55. The van der Waals surface area contributed by atoms with Crippen LogP contribution in [0, 0.1) is 0 Å². The predicted molar refractivity (Wildman–Crippen MR) is 102 cm³/mol. The van der Waals surface area contributed by atoms with Crippen LogP contribution in [0.4, 0.5) is 0 Å². The lowest BCUT2D eigenvalue weighted by Gasteiger charge is -2.20. The minimum Gasteiger partial charge on any atom is -0.389 e. The highest BCUT2D eigenvalue weighted by atomic mass is 16.3. The van der Waals surface area contributed by atoms with Gasteiger partial charge in [-0.3, -0.25) is 0 Å². The molecule has 0 amide bonds.